The third-order valence-corrected chi connectivity index (χ3v) is 2.79. The number of phenolic OH excluding ortho intramolecular Hbond substituents is 1. The normalized spacial score (nSPS) is 20.7. The van der Waals surface area contributed by atoms with E-state index < -0.39 is 0 Å². The SMILES string of the molecule is CCN1CCC(c2cccc(O)c2)OC1=O. The van der Waals surface area contributed by atoms with Crippen LogP contribution in [0, 0.1) is 0 Å². The largest absolute Gasteiger partial charge is 0.508 e. The number of hydrogen-bond donors (Lipinski definition) is 1. The average molecular weight is 221 g/mol. The van der Waals surface area contributed by atoms with Crippen LogP contribution < -0.4 is 0 Å². The van der Waals surface area contributed by atoms with E-state index in [1.165, 1.54) is 0 Å². The maximum absolute atomic E-state index is 11.5. The third kappa shape index (κ3) is 2.10. The van der Waals surface area contributed by atoms with Crippen molar-refractivity contribution in [1.82, 2.24) is 4.90 Å². The molecule has 0 radical (unpaired) electrons. The maximum atomic E-state index is 11.5. The highest BCUT2D eigenvalue weighted by Crippen LogP contribution is 2.28. The Morgan fingerprint density at radius 1 is 1.56 bits per heavy atom. The van der Waals surface area contributed by atoms with E-state index in [0.717, 1.165) is 12.0 Å². The predicted molar refractivity (Wildman–Crippen MR) is 59.2 cm³/mol. The van der Waals surface area contributed by atoms with Crippen LogP contribution in [0.2, 0.25) is 0 Å². The molecule has 1 unspecified atom stereocenters. The lowest BCUT2D eigenvalue weighted by Crippen LogP contribution is -2.38. The fraction of sp³-hybridized carbons (Fsp3) is 0.417. The molecule has 4 heteroatoms. The van der Waals surface area contributed by atoms with Crippen molar-refractivity contribution in [3.63, 3.8) is 0 Å². The molecular formula is C12H15NO3. The van der Waals surface area contributed by atoms with Crippen molar-refractivity contribution in [2.45, 2.75) is 19.4 Å². The van der Waals surface area contributed by atoms with Gasteiger partial charge in [0.2, 0.25) is 0 Å². The van der Waals surface area contributed by atoms with Gasteiger partial charge in [-0.25, -0.2) is 4.79 Å². The van der Waals surface area contributed by atoms with Crippen LogP contribution in [0.25, 0.3) is 0 Å². The van der Waals surface area contributed by atoms with E-state index in [-0.39, 0.29) is 17.9 Å². The molecule has 86 valence electrons. The fourth-order valence-corrected chi connectivity index (χ4v) is 1.87. The Bertz CT molecular complexity index is 392. The summed E-state index contributed by atoms with van der Waals surface area (Å²) >= 11 is 0. The maximum Gasteiger partial charge on any atom is 0.410 e. The van der Waals surface area contributed by atoms with E-state index in [2.05, 4.69) is 0 Å². The second-order valence-electron chi connectivity index (χ2n) is 3.84. The van der Waals surface area contributed by atoms with Crippen LogP contribution in [-0.2, 0) is 4.74 Å². The molecule has 1 fully saturated rings. The summed E-state index contributed by atoms with van der Waals surface area (Å²) in [5, 5.41) is 9.36. The van der Waals surface area contributed by atoms with Gasteiger partial charge in [-0.3, -0.25) is 0 Å². The Balaban J connectivity index is 2.10. The van der Waals surface area contributed by atoms with Crippen molar-refractivity contribution in [2.24, 2.45) is 0 Å². The van der Waals surface area contributed by atoms with E-state index in [4.69, 9.17) is 4.74 Å². The van der Waals surface area contributed by atoms with E-state index in [0.29, 0.717) is 13.1 Å². The van der Waals surface area contributed by atoms with Crippen molar-refractivity contribution in [2.75, 3.05) is 13.1 Å². The van der Waals surface area contributed by atoms with Gasteiger partial charge < -0.3 is 14.7 Å². The minimum Gasteiger partial charge on any atom is -0.508 e. The van der Waals surface area contributed by atoms with Crippen LogP contribution in [0.1, 0.15) is 25.0 Å². The number of benzene rings is 1. The first kappa shape index (κ1) is 10.8. The van der Waals surface area contributed by atoms with E-state index in [1.54, 1.807) is 23.1 Å². The monoisotopic (exact) mass is 221 g/mol. The van der Waals surface area contributed by atoms with Crippen LogP contribution in [-0.4, -0.2) is 29.2 Å². The highest BCUT2D eigenvalue weighted by Gasteiger charge is 2.26. The van der Waals surface area contributed by atoms with Gasteiger partial charge in [-0.05, 0) is 24.6 Å². The Morgan fingerprint density at radius 2 is 2.38 bits per heavy atom. The van der Waals surface area contributed by atoms with Crippen molar-refractivity contribution in [3.8, 4) is 5.75 Å². The number of carbonyl (C=O) groups excluding carboxylic acids is 1. The number of hydrogen-bond acceptors (Lipinski definition) is 3. The summed E-state index contributed by atoms with van der Waals surface area (Å²) in [7, 11) is 0. The van der Waals surface area contributed by atoms with Gasteiger partial charge in [0, 0.05) is 19.5 Å². The first-order chi connectivity index (χ1) is 7.70. The van der Waals surface area contributed by atoms with Gasteiger partial charge in [-0.2, -0.15) is 0 Å². The zero-order valence-electron chi connectivity index (χ0n) is 9.22. The highest BCUT2D eigenvalue weighted by atomic mass is 16.6. The smallest absolute Gasteiger partial charge is 0.410 e. The number of cyclic esters (lactones) is 1. The summed E-state index contributed by atoms with van der Waals surface area (Å²) < 4.78 is 5.31. The molecule has 1 aromatic carbocycles. The molecule has 1 aliphatic heterocycles. The summed E-state index contributed by atoms with van der Waals surface area (Å²) in [6, 6.07) is 6.86. The summed E-state index contributed by atoms with van der Waals surface area (Å²) in [5.74, 6) is 0.200. The van der Waals surface area contributed by atoms with Crippen LogP contribution in [0.5, 0.6) is 5.75 Å². The van der Waals surface area contributed by atoms with Crippen LogP contribution >= 0.6 is 0 Å². The van der Waals surface area contributed by atoms with Crippen LogP contribution in [0.15, 0.2) is 24.3 Å². The van der Waals surface area contributed by atoms with Crippen LogP contribution in [0.3, 0.4) is 0 Å². The number of amides is 1. The molecule has 4 nitrogen and oxygen atoms in total. The summed E-state index contributed by atoms with van der Waals surface area (Å²) in [5.41, 5.74) is 0.851. The number of ether oxygens (including phenoxy) is 1. The molecule has 1 N–H and O–H groups in total. The Hall–Kier alpha value is -1.71. The second-order valence-corrected chi connectivity index (χ2v) is 3.84. The van der Waals surface area contributed by atoms with Crippen molar-refractivity contribution in [3.05, 3.63) is 29.8 Å². The molecule has 0 spiro atoms. The molecule has 1 amide bonds. The number of phenols is 1. The van der Waals surface area contributed by atoms with E-state index in [9.17, 15) is 9.90 Å². The standard InChI is InChI=1S/C12H15NO3/c1-2-13-7-6-11(16-12(13)15)9-4-3-5-10(14)8-9/h3-5,8,11,14H,2,6-7H2,1H3. The van der Waals surface area contributed by atoms with Gasteiger partial charge in [0.15, 0.2) is 0 Å². The lowest BCUT2D eigenvalue weighted by Gasteiger charge is -2.31. The topological polar surface area (TPSA) is 49.8 Å². The van der Waals surface area contributed by atoms with Gasteiger partial charge in [0.25, 0.3) is 0 Å². The minimum atomic E-state index is -0.276. The molecule has 2 rings (SSSR count). The Labute approximate surface area is 94.4 Å². The highest BCUT2D eigenvalue weighted by molar-refractivity contribution is 5.68. The summed E-state index contributed by atoms with van der Waals surface area (Å²) in [6.45, 7) is 3.30. The van der Waals surface area contributed by atoms with Gasteiger partial charge in [-0.1, -0.05) is 12.1 Å². The average Bonchev–Trinajstić information content (AvgIpc) is 2.29. The molecule has 1 atom stereocenters. The number of nitrogens with zero attached hydrogens (tertiary/aromatic N) is 1. The number of carbonyl (C=O) groups is 1. The van der Waals surface area contributed by atoms with Gasteiger partial charge in [0.05, 0.1) is 0 Å². The van der Waals surface area contributed by atoms with Crippen LogP contribution in [0.4, 0.5) is 4.79 Å². The quantitative estimate of drug-likeness (QED) is 0.833. The lowest BCUT2D eigenvalue weighted by molar-refractivity contribution is 0.0259. The molecule has 16 heavy (non-hydrogen) atoms. The number of aromatic hydroxyl groups is 1. The van der Waals surface area contributed by atoms with Gasteiger partial charge in [-0.15, -0.1) is 0 Å². The lowest BCUT2D eigenvalue weighted by atomic mass is 10.1. The van der Waals surface area contributed by atoms with E-state index >= 15 is 0 Å². The predicted octanol–water partition coefficient (Wildman–Crippen LogP) is 2.30. The van der Waals surface area contributed by atoms with Gasteiger partial charge in [0.1, 0.15) is 11.9 Å². The molecule has 1 heterocycles. The third-order valence-electron chi connectivity index (χ3n) is 2.79. The molecule has 1 aliphatic rings. The van der Waals surface area contributed by atoms with Gasteiger partial charge >= 0.3 is 6.09 Å². The first-order valence-corrected chi connectivity index (χ1v) is 5.45. The molecule has 0 aromatic heterocycles. The molecule has 0 bridgehead atoms. The molecular weight excluding hydrogens is 206 g/mol. The Kier molecular flexibility index (Phi) is 2.99. The van der Waals surface area contributed by atoms with E-state index in [1.807, 2.05) is 13.0 Å². The minimum absolute atomic E-state index is 0.200. The van der Waals surface area contributed by atoms with Crippen molar-refractivity contribution >= 4 is 6.09 Å². The Morgan fingerprint density at radius 3 is 3.00 bits per heavy atom. The van der Waals surface area contributed by atoms with Crippen molar-refractivity contribution in [1.29, 1.82) is 0 Å². The summed E-state index contributed by atoms with van der Waals surface area (Å²) in [4.78, 5) is 13.2. The molecule has 1 saturated heterocycles. The first-order valence-electron chi connectivity index (χ1n) is 5.45. The molecule has 0 aliphatic carbocycles. The number of rotatable bonds is 2. The fourth-order valence-electron chi connectivity index (χ4n) is 1.87. The molecule has 1 aromatic rings. The zero-order valence-corrected chi connectivity index (χ0v) is 9.22. The molecule has 0 saturated carbocycles. The second kappa shape index (κ2) is 4.43. The zero-order chi connectivity index (χ0) is 11.5. The van der Waals surface area contributed by atoms with Crippen molar-refractivity contribution < 1.29 is 14.6 Å². The summed E-state index contributed by atoms with van der Waals surface area (Å²) in [6.07, 6.45) is 0.257.